The molecule has 4 rings (SSSR count). The Balaban J connectivity index is 1.31. The SMILES string of the molecule is O=C(Nc1ccc(N2CCN(c3ncccn3)CC2)nn1)NC1CC1. The summed E-state index contributed by atoms with van der Waals surface area (Å²) in [5.74, 6) is 2.02. The van der Waals surface area contributed by atoms with E-state index in [1.165, 1.54) is 0 Å². The minimum absolute atomic E-state index is 0.221. The van der Waals surface area contributed by atoms with E-state index in [9.17, 15) is 4.79 Å². The Labute approximate surface area is 145 Å². The first-order chi connectivity index (χ1) is 12.3. The highest BCUT2D eigenvalue weighted by molar-refractivity contribution is 5.88. The van der Waals surface area contributed by atoms with Crippen LogP contribution in [0.25, 0.3) is 0 Å². The molecule has 2 fully saturated rings. The van der Waals surface area contributed by atoms with E-state index in [0.29, 0.717) is 11.9 Å². The molecule has 1 aliphatic carbocycles. The van der Waals surface area contributed by atoms with Gasteiger partial charge >= 0.3 is 6.03 Å². The zero-order valence-corrected chi connectivity index (χ0v) is 13.8. The third-order valence-electron chi connectivity index (χ3n) is 4.24. The average Bonchev–Trinajstić information content (AvgIpc) is 3.47. The van der Waals surface area contributed by atoms with E-state index >= 15 is 0 Å². The summed E-state index contributed by atoms with van der Waals surface area (Å²) in [5, 5.41) is 13.9. The van der Waals surface area contributed by atoms with Gasteiger partial charge in [-0.1, -0.05) is 0 Å². The maximum absolute atomic E-state index is 11.7. The van der Waals surface area contributed by atoms with E-state index in [1.54, 1.807) is 18.5 Å². The molecule has 3 heterocycles. The highest BCUT2D eigenvalue weighted by atomic mass is 16.2. The van der Waals surface area contributed by atoms with Gasteiger partial charge in [-0.3, -0.25) is 5.32 Å². The lowest BCUT2D eigenvalue weighted by Crippen LogP contribution is -2.47. The van der Waals surface area contributed by atoms with Crippen LogP contribution in [0, 0.1) is 0 Å². The average molecular weight is 340 g/mol. The molecule has 2 aliphatic rings. The van der Waals surface area contributed by atoms with Gasteiger partial charge in [-0.15, -0.1) is 10.2 Å². The first kappa shape index (κ1) is 15.6. The van der Waals surface area contributed by atoms with Crippen molar-refractivity contribution in [3.05, 3.63) is 30.6 Å². The maximum atomic E-state index is 11.7. The molecule has 2 aromatic rings. The second-order valence-electron chi connectivity index (χ2n) is 6.17. The third-order valence-corrected chi connectivity index (χ3v) is 4.24. The first-order valence-corrected chi connectivity index (χ1v) is 8.46. The summed E-state index contributed by atoms with van der Waals surface area (Å²) in [4.78, 5) is 24.6. The van der Waals surface area contributed by atoms with Crippen LogP contribution in [-0.4, -0.2) is 58.4 Å². The van der Waals surface area contributed by atoms with Crippen molar-refractivity contribution in [3.8, 4) is 0 Å². The molecule has 25 heavy (non-hydrogen) atoms. The van der Waals surface area contributed by atoms with Gasteiger partial charge in [0.05, 0.1) is 0 Å². The molecule has 9 heteroatoms. The van der Waals surface area contributed by atoms with Crippen molar-refractivity contribution in [2.24, 2.45) is 0 Å². The van der Waals surface area contributed by atoms with Gasteiger partial charge in [0.25, 0.3) is 0 Å². The Morgan fingerprint density at radius 1 is 1.00 bits per heavy atom. The van der Waals surface area contributed by atoms with Crippen LogP contribution in [0.3, 0.4) is 0 Å². The zero-order chi connectivity index (χ0) is 17.1. The largest absolute Gasteiger partial charge is 0.352 e. The number of nitrogens with one attached hydrogen (secondary N) is 2. The summed E-state index contributed by atoms with van der Waals surface area (Å²) < 4.78 is 0. The summed E-state index contributed by atoms with van der Waals surface area (Å²) in [6.45, 7) is 3.30. The van der Waals surface area contributed by atoms with Crippen molar-refractivity contribution >= 4 is 23.6 Å². The molecular weight excluding hydrogens is 320 g/mol. The van der Waals surface area contributed by atoms with Crippen LogP contribution in [-0.2, 0) is 0 Å². The van der Waals surface area contributed by atoms with E-state index in [1.807, 2.05) is 12.1 Å². The number of nitrogens with zero attached hydrogens (tertiary/aromatic N) is 6. The molecule has 2 aromatic heterocycles. The van der Waals surface area contributed by atoms with Crippen LogP contribution >= 0.6 is 0 Å². The van der Waals surface area contributed by atoms with E-state index < -0.39 is 0 Å². The van der Waals surface area contributed by atoms with Crippen LogP contribution in [0.2, 0.25) is 0 Å². The lowest BCUT2D eigenvalue weighted by Gasteiger charge is -2.35. The minimum atomic E-state index is -0.221. The molecule has 2 N–H and O–H groups in total. The Hall–Kier alpha value is -2.97. The molecule has 1 aliphatic heterocycles. The molecule has 1 saturated carbocycles. The Morgan fingerprint density at radius 2 is 1.72 bits per heavy atom. The number of carbonyl (C=O) groups excluding carboxylic acids is 1. The first-order valence-electron chi connectivity index (χ1n) is 8.46. The van der Waals surface area contributed by atoms with Crippen LogP contribution in [0.15, 0.2) is 30.6 Å². The molecule has 0 spiro atoms. The predicted octanol–water partition coefficient (Wildman–Crippen LogP) is 0.877. The van der Waals surface area contributed by atoms with Gasteiger partial charge in [0, 0.05) is 44.6 Å². The molecule has 0 atom stereocenters. The molecule has 2 amide bonds. The van der Waals surface area contributed by atoms with E-state index in [0.717, 1.165) is 50.8 Å². The molecule has 0 bridgehead atoms. The molecule has 130 valence electrons. The summed E-state index contributed by atoms with van der Waals surface area (Å²) in [6, 6.07) is 5.57. The smallest absolute Gasteiger partial charge is 0.320 e. The van der Waals surface area contributed by atoms with Gasteiger partial charge < -0.3 is 15.1 Å². The Kier molecular flexibility index (Phi) is 4.28. The molecular formula is C16H20N8O. The van der Waals surface area contributed by atoms with Gasteiger partial charge in [-0.05, 0) is 31.0 Å². The fourth-order valence-electron chi connectivity index (χ4n) is 2.72. The summed E-state index contributed by atoms with van der Waals surface area (Å²) >= 11 is 0. The number of hydrogen-bond acceptors (Lipinski definition) is 7. The Morgan fingerprint density at radius 3 is 2.36 bits per heavy atom. The fraction of sp³-hybridized carbons (Fsp3) is 0.438. The van der Waals surface area contributed by atoms with Crippen LogP contribution in [0.5, 0.6) is 0 Å². The van der Waals surface area contributed by atoms with Crippen molar-refractivity contribution in [1.29, 1.82) is 0 Å². The second-order valence-corrected chi connectivity index (χ2v) is 6.17. The van der Waals surface area contributed by atoms with Crippen molar-refractivity contribution in [1.82, 2.24) is 25.5 Å². The van der Waals surface area contributed by atoms with Crippen LogP contribution < -0.4 is 20.4 Å². The number of anilines is 3. The second kappa shape index (κ2) is 6.88. The van der Waals surface area contributed by atoms with Gasteiger partial charge in [0.1, 0.15) is 0 Å². The van der Waals surface area contributed by atoms with E-state index in [-0.39, 0.29) is 6.03 Å². The van der Waals surface area contributed by atoms with Crippen molar-refractivity contribution in [3.63, 3.8) is 0 Å². The summed E-state index contributed by atoms with van der Waals surface area (Å²) in [5.41, 5.74) is 0. The number of rotatable bonds is 4. The molecule has 0 radical (unpaired) electrons. The number of piperazine rings is 1. The normalized spacial score (nSPS) is 17.3. The van der Waals surface area contributed by atoms with E-state index in [4.69, 9.17) is 0 Å². The van der Waals surface area contributed by atoms with E-state index in [2.05, 4.69) is 40.6 Å². The lowest BCUT2D eigenvalue weighted by atomic mass is 10.3. The highest BCUT2D eigenvalue weighted by Crippen LogP contribution is 2.19. The summed E-state index contributed by atoms with van der Waals surface area (Å²) in [6.07, 6.45) is 5.62. The van der Waals surface area contributed by atoms with Gasteiger partial charge in [-0.25, -0.2) is 14.8 Å². The molecule has 0 unspecified atom stereocenters. The number of carbonyl (C=O) groups is 1. The van der Waals surface area contributed by atoms with Crippen molar-refractivity contribution in [2.45, 2.75) is 18.9 Å². The number of urea groups is 1. The number of aromatic nitrogens is 4. The zero-order valence-electron chi connectivity index (χ0n) is 13.8. The third kappa shape index (κ3) is 3.93. The number of hydrogen-bond donors (Lipinski definition) is 2. The quantitative estimate of drug-likeness (QED) is 0.852. The number of amides is 2. The topological polar surface area (TPSA) is 99.2 Å². The standard InChI is InChI=1S/C16H20N8O/c25-16(19-12-2-3-12)20-13-4-5-14(22-21-13)23-8-10-24(11-9-23)15-17-6-1-7-18-15/h1,4-7,12H,2-3,8-11H2,(H2,19,20,21,25). The van der Waals surface area contributed by atoms with Crippen LogP contribution in [0.4, 0.5) is 22.4 Å². The highest BCUT2D eigenvalue weighted by Gasteiger charge is 2.23. The fourth-order valence-corrected chi connectivity index (χ4v) is 2.72. The van der Waals surface area contributed by atoms with Gasteiger partial charge in [0.15, 0.2) is 11.6 Å². The minimum Gasteiger partial charge on any atom is -0.352 e. The van der Waals surface area contributed by atoms with Gasteiger partial charge in [-0.2, -0.15) is 0 Å². The molecule has 0 aromatic carbocycles. The monoisotopic (exact) mass is 340 g/mol. The summed E-state index contributed by atoms with van der Waals surface area (Å²) in [7, 11) is 0. The molecule has 9 nitrogen and oxygen atoms in total. The lowest BCUT2D eigenvalue weighted by molar-refractivity contribution is 0.251. The Bertz CT molecular complexity index is 711. The molecule has 1 saturated heterocycles. The predicted molar refractivity (Wildman–Crippen MR) is 93.7 cm³/mol. The maximum Gasteiger partial charge on any atom is 0.320 e. The van der Waals surface area contributed by atoms with Gasteiger partial charge in [0.2, 0.25) is 5.95 Å². The van der Waals surface area contributed by atoms with Crippen molar-refractivity contribution < 1.29 is 4.79 Å². The van der Waals surface area contributed by atoms with Crippen molar-refractivity contribution in [2.75, 3.05) is 41.3 Å². The van der Waals surface area contributed by atoms with Crippen LogP contribution in [0.1, 0.15) is 12.8 Å².